The van der Waals surface area contributed by atoms with Crippen molar-refractivity contribution < 1.29 is 9.59 Å². The van der Waals surface area contributed by atoms with Crippen molar-refractivity contribution in [2.24, 2.45) is 5.73 Å². The summed E-state index contributed by atoms with van der Waals surface area (Å²) in [6.07, 6.45) is 0. The lowest BCUT2D eigenvalue weighted by molar-refractivity contribution is 0.0968. The quantitative estimate of drug-likeness (QED) is 0.355. The van der Waals surface area contributed by atoms with Gasteiger partial charge in [0, 0.05) is 27.6 Å². The van der Waals surface area contributed by atoms with E-state index < -0.39 is 37.5 Å². The fourth-order valence-corrected chi connectivity index (χ4v) is 22.5. The van der Waals surface area contributed by atoms with Crippen molar-refractivity contribution in [2.75, 3.05) is 5.73 Å². The molecular weight excluding hydrogens is 485 g/mol. The van der Waals surface area contributed by atoms with Crippen molar-refractivity contribution in [3.63, 3.8) is 0 Å². The smallest absolute Gasteiger partial charge is 0.194 e. The van der Waals surface area contributed by atoms with Crippen LogP contribution in [0.25, 0.3) is 0 Å². The Hall–Kier alpha value is -1.33. The van der Waals surface area contributed by atoms with Crippen LogP contribution in [-0.4, -0.2) is 49.0 Å². The van der Waals surface area contributed by atoms with Gasteiger partial charge in [0.15, 0.2) is 11.6 Å². The van der Waals surface area contributed by atoms with E-state index >= 15 is 0 Å². The summed E-state index contributed by atoms with van der Waals surface area (Å²) in [4.78, 5) is 28.8. The second-order valence-electron chi connectivity index (χ2n) is 14.4. The van der Waals surface area contributed by atoms with Gasteiger partial charge in [0.25, 0.3) is 0 Å². The molecular formula is C26H44N2O2Si4. The van der Waals surface area contributed by atoms with E-state index in [0.29, 0.717) is 28.0 Å². The van der Waals surface area contributed by atoms with Crippen LogP contribution >= 0.6 is 0 Å². The standard InChI is InChI=1S/C26H44N2O2Si4/c1-31(2,3)23-19-20(22(30)18-16(21(19)29)14-13-15-17(18)27)26(28,34(10,11)12)25(33(7,8)9)24(23)32(4,5)6/h13-15,25H,27-28H2,1-12H3. The molecule has 1 aromatic rings. The molecule has 2 unspecified atom stereocenters. The molecule has 0 saturated carbocycles. The third-order valence-electron chi connectivity index (χ3n) is 7.61. The molecule has 0 heterocycles. The third-order valence-corrected chi connectivity index (χ3v) is 18.1. The van der Waals surface area contributed by atoms with Crippen molar-refractivity contribution in [3.8, 4) is 0 Å². The molecule has 0 amide bonds. The largest absolute Gasteiger partial charge is 0.398 e. The second-order valence-corrected chi connectivity index (χ2v) is 35.1. The van der Waals surface area contributed by atoms with E-state index in [2.05, 4.69) is 78.6 Å². The average Bonchev–Trinajstić information content (AvgIpc) is 2.61. The van der Waals surface area contributed by atoms with Crippen molar-refractivity contribution in [3.05, 3.63) is 50.9 Å². The number of fused-ring (bicyclic) bond motifs is 1. The number of carbonyl (C=O) groups excluding carboxylic acids is 2. The lowest BCUT2D eigenvalue weighted by Gasteiger charge is -2.59. The number of nitrogen functional groups attached to an aromatic ring is 1. The zero-order valence-electron chi connectivity index (χ0n) is 23.3. The second kappa shape index (κ2) is 7.83. The number of Topliss-reactive ketones (excluding diaryl/α,β-unsaturated/α-hetero) is 2. The number of rotatable bonds is 4. The third kappa shape index (κ3) is 3.86. The molecule has 2 atom stereocenters. The van der Waals surface area contributed by atoms with Gasteiger partial charge in [0.05, 0.1) is 37.9 Å². The molecule has 0 bridgehead atoms. The monoisotopic (exact) mass is 528 g/mol. The summed E-state index contributed by atoms with van der Waals surface area (Å²) in [5.74, 6) is -0.159. The van der Waals surface area contributed by atoms with E-state index in [4.69, 9.17) is 11.5 Å². The minimum absolute atomic E-state index is 0.0489. The Morgan fingerprint density at radius 1 is 0.794 bits per heavy atom. The van der Waals surface area contributed by atoms with Crippen LogP contribution in [0, 0.1) is 0 Å². The highest BCUT2D eigenvalue weighted by Crippen LogP contribution is 2.58. The van der Waals surface area contributed by atoms with E-state index in [9.17, 15) is 9.59 Å². The fraction of sp³-hybridized carbons (Fsp3) is 0.538. The number of nitrogens with two attached hydrogens (primary N) is 2. The van der Waals surface area contributed by atoms with Crippen molar-refractivity contribution in [1.29, 1.82) is 0 Å². The maximum Gasteiger partial charge on any atom is 0.194 e. The number of ketones is 2. The Morgan fingerprint density at radius 3 is 1.74 bits per heavy atom. The summed E-state index contributed by atoms with van der Waals surface area (Å²) in [6, 6.07) is 5.27. The van der Waals surface area contributed by atoms with E-state index in [1.165, 1.54) is 10.4 Å². The van der Waals surface area contributed by atoms with Gasteiger partial charge in [-0.3, -0.25) is 9.59 Å². The predicted molar refractivity (Wildman–Crippen MR) is 158 cm³/mol. The number of benzene rings is 1. The van der Waals surface area contributed by atoms with Gasteiger partial charge in [0.1, 0.15) is 0 Å². The normalized spacial score (nSPS) is 24.4. The Kier molecular flexibility index (Phi) is 6.28. The minimum Gasteiger partial charge on any atom is -0.398 e. The molecule has 0 aliphatic heterocycles. The molecule has 4 nitrogen and oxygen atoms in total. The Bertz CT molecular complexity index is 1160. The molecule has 0 aromatic heterocycles. The van der Waals surface area contributed by atoms with E-state index in [1.54, 1.807) is 18.2 Å². The minimum atomic E-state index is -2.24. The fourth-order valence-electron chi connectivity index (χ4n) is 6.29. The number of hydrogen-bond acceptors (Lipinski definition) is 4. The van der Waals surface area contributed by atoms with E-state index in [-0.39, 0.29) is 17.1 Å². The highest BCUT2D eigenvalue weighted by molar-refractivity contribution is 6.95. The van der Waals surface area contributed by atoms with Gasteiger partial charge in [-0.2, -0.15) is 0 Å². The van der Waals surface area contributed by atoms with E-state index in [0.717, 1.165) is 0 Å². The van der Waals surface area contributed by atoms with Crippen LogP contribution in [-0.2, 0) is 0 Å². The van der Waals surface area contributed by atoms with Gasteiger partial charge in [-0.25, -0.2) is 0 Å². The zero-order chi connectivity index (χ0) is 26.4. The Balaban J connectivity index is 2.70. The molecule has 3 rings (SSSR count). The van der Waals surface area contributed by atoms with Gasteiger partial charge in [0.2, 0.25) is 0 Å². The van der Waals surface area contributed by atoms with Gasteiger partial charge in [-0.15, -0.1) is 0 Å². The van der Waals surface area contributed by atoms with Crippen LogP contribution in [0.3, 0.4) is 0 Å². The highest BCUT2D eigenvalue weighted by Gasteiger charge is 2.63. The SMILES string of the molecule is C[Si](C)(C)C1=C([Si](C)(C)C)C([Si](C)(C)C)C(N)([Si](C)(C)C)C2=C1C(=O)c1cccc(N)c1C2=O. The molecule has 2 aliphatic rings. The number of hydrogen-bond donors (Lipinski definition) is 2. The summed E-state index contributed by atoms with van der Waals surface area (Å²) in [7, 11) is -8.17. The van der Waals surface area contributed by atoms with Gasteiger partial charge < -0.3 is 11.5 Å². The Morgan fingerprint density at radius 2 is 1.32 bits per heavy atom. The maximum absolute atomic E-state index is 14.5. The van der Waals surface area contributed by atoms with Crippen LogP contribution in [0.5, 0.6) is 0 Å². The summed E-state index contributed by atoms with van der Waals surface area (Å²) in [6.45, 7) is 28.1. The predicted octanol–water partition coefficient (Wildman–Crippen LogP) is 6.29. The van der Waals surface area contributed by atoms with Crippen LogP contribution in [0.4, 0.5) is 5.69 Å². The topological polar surface area (TPSA) is 86.2 Å². The lowest BCUT2D eigenvalue weighted by Crippen LogP contribution is -2.72. The van der Waals surface area contributed by atoms with Crippen LogP contribution in [0.15, 0.2) is 39.7 Å². The molecule has 34 heavy (non-hydrogen) atoms. The zero-order valence-corrected chi connectivity index (χ0v) is 27.3. The van der Waals surface area contributed by atoms with Crippen LogP contribution in [0.2, 0.25) is 84.1 Å². The molecule has 4 N–H and O–H groups in total. The van der Waals surface area contributed by atoms with E-state index in [1.807, 2.05) is 0 Å². The first kappa shape index (κ1) is 27.3. The molecule has 8 heteroatoms. The highest BCUT2D eigenvalue weighted by atomic mass is 28.3. The first-order chi connectivity index (χ1) is 15.1. The first-order valence-electron chi connectivity index (χ1n) is 12.3. The summed E-state index contributed by atoms with van der Waals surface area (Å²) in [5, 5.41) is 1.88. The molecule has 0 fully saturated rings. The number of carbonyl (C=O) groups is 2. The molecule has 0 spiro atoms. The average molecular weight is 529 g/mol. The molecule has 2 aliphatic carbocycles. The van der Waals surface area contributed by atoms with Crippen LogP contribution < -0.4 is 11.5 Å². The van der Waals surface area contributed by atoms with Crippen molar-refractivity contribution in [1.82, 2.24) is 0 Å². The Labute approximate surface area is 210 Å². The van der Waals surface area contributed by atoms with Gasteiger partial charge in [-0.1, -0.05) is 101 Å². The molecule has 186 valence electrons. The van der Waals surface area contributed by atoms with Gasteiger partial charge >= 0.3 is 0 Å². The molecule has 0 radical (unpaired) electrons. The summed E-state index contributed by atoms with van der Waals surface area (Å²) >= 11 is 0. The first-order valence-corrected chi connectivity index (χ1v) is 26.4. The maximum atomic E-state index is 14.5. The number of allylic oxidation sites excluding steroid dienone is 2. The van der Waals surface area contributed by atoms with Crippen molar-refractivity contribution in [2.45, 2.75) is 89.3 Å². The number of anilines is 1. The lowest BCUT2D eigenvalue weighted by atomic mass is 9.76. The summed E-state index contributed by atoms with van der Waals surface area (Å²) in [5.41, 5.74) is 16.6. The van der Waals surface area contributed by atoms with Crippen molar-refractivity contribution >= 4 is 49.5 Å². The van der Waals surface area contributed by atoms with Crippen LogP contribution in [0.1, 0.15) is 20.7 Å². The molecule has 1 aromatic carbocycles. The van der Waals surface area contributed by atoms with Gasteiger partial charge in [-0.05, 0) is 11.6 Å². The summed E-state index contributed by atoms with van der Waals surface area (Å²) < 4.78 is 0. The molecule has 0 saturated heterocycles.